The van der Waals surface area contributed by atoms with E-state index in [0.717, 1.165) is 10.7 Å². The van der Waals surface area contributed by atoms with Crippen LogP contribution in [0.3, 0.4) is 0 Å². The highest BCUT2D eigenvalue weighted by molar-refractivity contribution is 7.90. The van der Waals surface area contributed by atoms with Crippen LogP contribution in [0.2, 0.25) is 10.0 Å². The van der Waals surface area contributed by atoms with Crippen molar-refractivity contribution in [1.82, 2.24) is 19.7 Å². The van der Waals surface area contributed by atoms with Crippen molar-refractivity contribution in [1.29, 1.82) is 0 Å². The zero-order chi connectivity index (χ0) is 21.5. The fraction of sp³-hybridized carbons (Fsp3) is 0.167. The van der Waals surface area contributed by atoms with Crippen molar-refractivity contribution >= 4 is 39.1 Å². The molecule has 7 nitrogen and oxygen atoms in total. The van der Waals surface area contributed by atoms with Crippen LogP contribution in [0.25, 0.3) is 5.69 Å². The first-order valence-electron chi connectivity index (χ1n) is 8.23. The third kappa shape index (κ3) is 4.12. The van der Waals surface area contributed by atoms with Crippen LogP contribution < -0.4 is 4.72 Å². The van der Waals surface area contributed by atoms with Gasteiger partial charge in [-0.25, -0.2) is 22.2 Å². The number of nitrogens with one attached hydrogen (secondary N) is 1. The number of sulfonamides is 1. The molecule has 152 valence electrons. The van der Waals surface area contributed by atoms with Gasteiger partial charge in [-0.05, 0) is 62.2 Å². The first-order chi connectivity index (χ1) is 13.5. The number of carbonyl (C=O) groups is 1. The van der Waals surface area contributed by atoms with Gasteiger partial charge in [0.2, 0.25) is 0 Å². The van der Waals surface area contributed by atoms with E-state index in [9.17, 15) is 17.6 Å². The van der Waals surface area contributed by atoms with Crippen LogP contribution >= 0.6 is 23.2 Å². The predicted octanol–water partition coefficient (Wildman–Crippen LogP) is 3.76. The number of amides is 1. The molecule has 0 aliphatic carbocycles. The second-order valence-corrected chi connectivity index (χ2v) is 8.83. The fourth-order valence-electron chi connectivity index (χ4n) is 2.69. The standard InChI is InChI=1S/C18H15Cl2FN4O3S/c1-9-7-16(10(2)6-13(9)20)29(27,28)23-18(26)17-11(3)25(24-22-17)15-5-4-12(19)8-14(15)21/h4-8H,1-3H3,(H,23,26). The first-order valence-corrected chi connectivity index (χ1v) is 10.5. The van der Waals surface area contributed by atoms with Crippen LogP contribution in [0, 0.1) is 26.6 Å². The average Bonchev–Trinajstić information content (AvgIpc) is 2.99. The van der Waals surface area contributed by atoms with Crippen LogP contribution in [-0.4, -0.2) is 29.3 Å². The number of aryl methyl sites for hydroxylation is 2. The van der Waals surface area contributed by atoms with Gasteiger partial charge in [-0.3, -0.25) is 4.79 Å². The van der Waals surface area contributed by atoms with Gasteiger partial charge in [0.15, 0.2) is 5.69 Å². The Morgan fingerprint density at radius 1 is 1.10 bits per heavy atom. The van der Waals surface area contributed by atoms with E-state index in [-0.39, 0.29) is 27.0 Å². The molecule has 0 aliphatic heterocycles. The van der Waals surface area contributed by atoms with Crippen LogP contribution in [-0.2, 0) is 10.0 Å². The Balaban J connectivity index is 1.94. The van der Waals surface area contributed by atoms with Crippen LogP contribution in [0.15, 0.2) is 35.2 Å². The van der Waals surface area contributed by atoms with E-state index in [4.69, 9.17) is 23.2 Å². The van der Waals surface area contributed by atoms with Crippen molar-refractivity contribution in [3.8, 4) is 5.69 Å². The maximum absolute atomic E-state index is 14.2. The van der Waals surface area contributed by atoms with Crippen molar-refractivity contribution in [3.05, 3.63) is 68.7 Å². The van der Waals surface area contributed by atoms with Crippen molar-refractivity contribution in [2.75, 3.05) is 0 Å². The average molecular weight is 457 g/mol. The largest absolute Gasteiger partial charge is 0.287 e. The minimum Gasteiger partial charge on any atom is -0.266 e. The van der Waals surface area contributed by atoms with E-state index < -0.39 is 21.7 Å². The molecule has 0 spiro atoms. The van der Waals surface area contributed by atoms with E-state index in [1.807, 2.05) is 4.72 Å². The second-order valence-electron chi connectivity index (χ2n) is 6.33. The minimum atomic E-state index is -4.19. The molecule has 0 radical (unpaired) electrons. The maximum atomic E-state index is 14.2. The van der Waals surface area contributed by atoms with Crippen molar-refractivity contribution in [3.63, 3.8) is 0 Å². The number of nitrogens with zero attached hydrogens (tertiary/aromatic N) is 3. The van der Waals surface area contributed by atoms with E-state index in [0.29, 0.717) is 16.1 Å². The lowest BCUT2D eigenvalue weighted by atomic mass is 10.2. The molecule has 11 heteroatoms. The molecular weight excluding hydrogens is 442 g/mol. The summed E-state index contributed by atoms with van der Waals surface area (Å²) in [6.45, 7) is 4.68. The monoisotopic (exact) mass is 456 g/mol. The number of rotatable bonds is 4. The van der Waals surface area contributed by atoms with Gasteiger partial charge in [-0.1, -0.05) is 28.4 Å². The number of aromatic nitrogens is 3. The minimum absolute atomic E-state index is 0.0190. The summed E-state index contributed by atoms with van der Waals surface area (Å²) in [6.07, 6.45) is 0. The summed E-state index contributed by atoms with van der Waals surface area (Å²) in [5.41, 5.74) is 0.842. The number of halogens is 3. The normalized spacial score (nSPS) is 11.5. The molecule has 0 aliphatic rings. The molecule has 0 saturated heterocycles. The third-order valence-electron chi connectivity index (χ3n) is 4.22. The van der Waals surface area contributed by atoms with Gasteiger partial charge < -0.3 is 0 Å². The molecule has 1 N–H and O–H groups in total. The zero-order valence-corrected chi connectivity index (χ0v) is 17.8. The number of benzene rings is 2. The lowest BCUT2D eigenvalue weighted by molar-refractivity contribution is 0.0976. The fourth-order valence-corrected chi connectivity index (χ4v) is 4.33. The Kier molecular flexibility index (Phi) is 5.66. The van der Waals surface area contributed by atoms with Crippen molar-refractivity contribution in [2.45, 2.75) is 25.7 Å². The van der Waals surface area contributed by atoms with Gasteiger partial charge in [-0.15, -0.1) is 5.10 Å². The highest BCUT2D eigenvalue weighted by Crippen LogP contribution is 2.24. The van der Waals surface area contributed by atoms with E-state index >= 15 is 0 Å². The Labute approximate surface area is 176 Å². The van der Waals surface area contributed by atoms with Gasteiger partial charge in [-0.2, -0.15) is 0 Å². The lowest BCUT2D eigenvalue weighted by Crippen LogP contribution is -2.32. The molecule has 0 unspecified atom stereocenters. The molecule has 0 fully saturated rings. The maximum Gasteiger partial charge on any atom is 0.287 e. The van der Waals surface area contributed by atoms with E-state index in [2.05, 4.69) is 10.3 Å². The molecule has 3 rings (SSSR count). The van der Waals surface area contributed by atoms with Gasteiger partial charge in [0.25, 0.3) is 15.9 Å². The Morgan fingerprint density at radius 3 is 2.45 bits per heavy atom. The van der Waals surface area contributed by atoms with Crippen molar-refractivity contribution in [2.24, 2.45) is 0 Å². The smallest absolute Gasteiger partial charge is 0.266 e. The van der Waals surface area contributed by atoms with E-state index in [1.165, 1.54) is 31.2 Å². The molecule has 1 amide bonds. The van der Waals surface area contributed by atoms with Crippen LogP contribution in [0.5, 0.6) is 0 Å². The Hall–Kier alpha value is -2.49. The summed E-state index contributed by atoms with van der Waals surface area (Å²) in [4.78, 5) is 12.5. The molecule has 0 saturated carbocycles. The summed E-state index contributed by atoms with van der Waals surface area (Å²) >= 11 is 11.7. The Bertz CT molecular complexity index is 1240. The third-order valence-corrected chi connectivity index (χ3v) is 6.34. The highest BCUT2D eigenvalue weighted by Gasteiger charge is 2.26. The van der Waals surface area contributed by atoms with E-state index in [1.54, 1.807) is 13.8 Å². The Morgan fingerprint density at radius 2 is 1.79 bits per heavy atom. The predicted molar refractivity (Wildman–Crippen MR) is 107 cm³/mol. The zero-order valence-electron chi connectivity index (χ0n) is 15.5. The van der Waals surface area contributed by atoms with Gasteiger partial charge in [0.1, 0.15) is 11.5 Å². The number of hydrogen-bond donors (Lipinski definition) is 1. The van der Waals surface area contributed by atoms with Gasteiger partial charge in [0.05, 0.1) is 10.6 Å². The summed E-state index contributed by atoms with van der Waals surface area (Å²) in [5.74, 6) is -1.66. The molecule has 29 heavy (non-hydrogen) atoms. The topological polar surface area (TPSA) is 93.9 Å². The lowest BCUT2D eigenvalue weighted by Gasteiger charge is -2.11. The molecule has 0 atom stereocenters. The number of hydrogen-bond acceptors (Lipinski definition) is 5. The second kappa shape index (κ2) is 7.74. The summed E-state index contributed by atoms with van der Waals surface area (Å²) in [6, 6.07) is 6.79. The van der Waals surface area contributed by atoms with Crippen molar-refractivity contribution < 1.29 is 17.6 Å². The van der Waals surface area contributed by atoms with Crippen LogP contribution in [0.1, 0.15) is 27.3 Å². The highest BCUT2D eigenvalue weighted by atomic mass is 35.5. The van der Waals surface area contributed by atoms with Crippen LogP contribution in [0.4, 0.5) is 4.39 Å². The molecule has 1 heterocycles. The quantitative estimate of drug-likeness (QED) is 0.644. The number of carbonyl (C=O) groups excluding carboxylic acids is 1. The molecule has 0 bridgehead atoms. The molecule has 2 aromatic carbocycles. The SMILES string of the molecule is Cc1cc(S(=O)(=O)NC(=O)c2nnn(-c3ccc(Cl)cc3F)c2C)c(C)cc1Cl. The summed E-state index contributed by atoms with van der Waals surface area (Å²) in [7, 11) is -4.19. The first kappa shape index (κ1) is 21.2. The molecular formula is C18H15Cl2FN4O3S. The van der Waals surface area contributed by atoms with Gasteiger partial charge in [0, 0.05) is 10.0 Å². The molecule has 1 aromatic heterocycles. The molecule has 3 aromatic rings. The summed E-state index contributed by atoms with van der Waals surface area (Å²) in [5, 5.41) is 8.07. The summed E-state index contributed by atoms with van der Waals surface area (Å²) < 4.78 is 42.6. The van der Waals surface area contributed by atoms with Gasteiger partial charge >= 0.3 is 0 Å².